The second kappa shape index (κ2) is 5.83. The number of carbonyl (C=O) groups is 2. The van der Waals surface area contributed by atoms with Crippen LogP contribution in [0.5, 0.6) is 5.75 Å². The van der Waals surface area contributed by atoms with Crippen molar-refractivity contribution in [2.45, 2.75) is 26.2 Å². The maximum atomic E-state index is 12.3. The number of esters is 1. The number of benzene rings is 1. The molecule has 5 nitrogen and oxygen atoms in total. The van der Waals surface area contributed by atoms with E-state index in [2.05, 4.69) is 0 Å². The number of amides is 1. The molecule has 0 fully saturated rings. The fraction of sp³-hybridized carbons (Fsp3) is 0.412. The molecule has 5 heteroatoms. The predicted octanol–water partition coefficient (Wildman–Crippen LogP) is 2.15. The summed E-state index contributed by atoms with van der Waals surface area (Å²) in [5.41, 5.74) is 3.33. The van der Waals surface area contributed by atoms with Crippen molar-refractivity contribution in [2.24, 2.45) is 0 Å². The van der Waals surface area contributed by atoms with Crippen molar-refractivity contribution in [2.75, 3.05) is 20.3 Å². The van der Waals surface area contributed by atoms with E-state index in [0.717, 1.165) is 17.5 Å². The van der Waals surface area contributed by atoms with Crippen LogP contribution in [0.2, 0.25) is 0 Å². The Morgan fingerprint density at radius 1 is 1.27 bits per heavy atom. The number of nitrogens with zero attached hydrogens (tertiary/aromatic N) is 1. The van der Waals surface area contributed by atoms with E-state index >= 15 is 0 Å². The highest BCUT2D eigenvalue weighted by Gasteiger charge is 2.35. The summed E-state index contributed by atoms with van der Waals surface area (Å²) in [7, 11) is 1.61. The first-order chi connectivity index (χ1) is 10.7. The molecular weight excluding hydrogens is 282 g/mol. The Morgan fingerprint density at radius 3 is 2.82 bits per heavy atom. The van der Waals surface area contributed by atoms with E-state index in [-0.39, 0.29) is 11.9 Å². The van der Waals surface area contributed by atoms with E-state index in [0.29, 0.717) is 43.0 Å². The van der Waals surface area contributed by atoms with Crippen LogP contribution < -0.4 is 4.74 Å². The summed E-state index contributed by atoms with van der Waals surface area (Å²) in [4.78, 5) is 26.2. The van der Waals surface area contributed by atoms with Crippen molar-refractivity contribution < 1.29 is 19.1 Å². The van der Waals surface area contributed by atoms with Crippen LogP contribution in [-0.2, 0) is 20.7 Å². The average molecular weight is 301 g/mol. The Bertz CT molecular complexity index is 663. The molecule has 0 bridgehead atoms. The van der Waals surface area contributed by atoms with Gasteiger partial charge in [0.05, 0.1) is 25.0 Å². The van der Waals surface area contributed by atoms with Gasteiger partial charge in [-0.2, -0.15) is 0 Å². The van der Waals surface area contributed by atoms with Crippen LogP contribution in [0, 0.1) is 0 Å². The summed E-state index contributed by atoms with van der Waals surface area (Å²) >= 11 is 0. The quantitative estimate of drug-likeness (QED) is 0.803. The lowest BCUT2D eigenvalue weighted by atomic mass is 9.89. The minimum atomic E-state index is -0.328. The van der Waals surface area contributed by atoms with E-state index in [1.54, 1.807) is 18.9 Å². The van der Waals surface area contributed by atoms with Crippen LogP contribution >= 0.6 is 0 Å². The number of ether oxygens (including phenoxy) is 2. The van der Waals surface area contributed by atoms with Crippen molar-refractivity contribution in [1.82, 2.24) is 4.90 Å². The van der Waals surface area contributed by atoms with Gasteiger partial charge in [-0.1, -0.05) is 6.07 Å². The highest BCUT2D eigenvalue weighted by molar-refractivity contribution is 6.04. The highest BCUT2D eigenvalue weighted by atomic mass is 16.5. The Labute approximate surface area is 129 Å². The summed E-state index contributed by atoms with van der Waals surface area (Å²) in [6, 6.07) is 5.80. The van der Waals surface area contributed by atoms with Gasteiger partial charge < -0.3 is 14.4 Å². The van der Waals surface area contributed by atoms with Crippen LogP contribution in [0.25, 0.3) is 5.70 Å². The SMILES string of the molecule is CCOC(=O)C1=C2c3cc(OC)ccc3CCN2C(=O)CC1. The molecule has 1 aromatic rings. The van der Waals surface area contributed by atoms with E-state index in [1.165, 1.54) is 0 Å². The van der Waals surface area contributed by atoms with Gasteiger partial charge in [0.2, 0.25) is 5.91 Å². The van der Waals surface area contributed by atoms with Crippen LogP contribution in [0.1, 0.15) is 30.9 Å². The van der Waals surface area contributed by atoms with Gasteiger partial charge in [0.1, 0.15) is 5.75 Å². The Morgan fingerprint density at radius 2 is 2.09 bits per heavy atom. The molecule has 0 aromatic heterocycles. The fourth-order valence-corrected chi connectivity index (χ4v) is 3.09. The first-order valence-corrected chi connectivity index (χ1v) is 7.53. The van der Waals surface area contributed by atoms with Gasteiger partial charge in [-0.25, -0.2) is 4.79 Å². The average Bonchev–Trinajstić information content (AvgIpc) is 2.54. The first kappa shape index (κ1) is 14.6. The van der Waals surface area contributed by atoms with E-state index < -0.39 is 0 Å². The second-order valence-electron chi connectivity index (χ2n) is 5.37. The molecule has 116 valence electrons. The molecule has 0 saturated heterocycles. The van der Waals surface area contributed by atoms with Gasteiger partial charge >= 0.3 is 5.97 Å². The summed E-state index contributed by atoms with van der Waals surface area (Å²) in [5.74, 6) is 0.455. The third kappa shape index (κ3) is 2.36. The Kier molecular flexibility index (Phi) is 3.88. The zero-order valence-electron chi connectivity index (χ0n) is 12.8. The van der Waals surface area contributed by atoms with Gasteiger partial charge in [-0.05, 0) is 37.5 Å². The van der Waals surface area contributed by atoms with Crippen LogP contribution in [0.15, 0.2) is 23.8 Å². The van der Waals surface area contributed by atoms with Gasteiger partial charge in [0.15, 0.2) is 0 Å². The molecule has 2 aliphatic rings. The molecule has 0 spiro atoms. The van der Waals surface area contributed by atoms with Crippen LogP contribution in [-0.4, -0.2) is 37.0 Å². The molecule has 0 atom stereocenters. The first-order valence-electron chi connectivity index (χ1n) is 7.53. The topological polar surface area (TPSA) is 55.8 Å². The molecule has 0 saturated carbocycles. The summed E-state index contributed by atoms with van der Waals surface area (Å²) in [6.07, 6.45) is 1.57. The standard InChI is InChI=1S/C17H19NO4/c1-3-22-17(20)13-6-7-15(19)18-9-8-11-4-5-12(21-2)10-14(11)16(13)18/h4-5,10H,3,6-9H2,1-2H3. The van der Waals surface area contributed by atoms with Crippen molar-refractivity contribution in [3.8, 4) is 5.75 Å². The smallest absolute Gasteiger partial charge is 0.336 e. The normalized spacial score (nSPS) is 17.0. The lowest BCUT2D eigenvalue weighted by Gasteiger charge is -2.36. The van der Waals surface area contributed by atoms with Crippen molar-refractivity contribution in [3.63, 3.8) is 0 Å². The third-order valence-electron chi connectivity index (χ3n) is 4.14. The van der Waals surface area contributed by atoms with E-state index in [9.17, 15) is 9.59 Å². The van der Waals surface area contributed by atoms with E-state index in [1.807, 2.05) is 18.2 Å². The number of hydrogen-bond acceptors (Lipinski definition) is 4. The van der Waals surface area contributed by atoms with Gasteiger partial charge in [0, 0.05) is 18.5 Å². The van der Waals surface area contributed by atoms with Crippen LogP contribution in [0.3, 0.4) is 0 Å². The lowest BCUT2D eigenvalue weighted by Crippen LogP contribution is -2.39. The number of methoxy groups -OCH3 is 1. The fourth-order valence-electron chi connectivity index (χ4n) is 3.09. The molecule has 22 heavy (non-hydrogen) atoms. The molecule has 2 heterocycles. The molecule has 0 aliphatic carbocycles. The minimum Gasteiger partial charge on any atom is -0.497 e. The summed E-state index contributed by atoms with van der Waals surface area (Å²) in [5, 5.41) is 0. The monoisotopic (exact) mass is 301 g/mol. The predicted molar refractivity (Wildman–Crippen MR) is 81.2 cm³/mol. The number of carbonyl (C=O) groups excluding carboxylic acids is 2. The van der Waals surface area contributed by atoms with Crippen molar-refractivity contribution in [3.05, 3.63) is 34.9 Å². The lowest BCUT2D eigenvalue weighted by molar-refractivity contribution is -0.139. The third-order valence-corrected chi connectivity index (χ3v) is 4.14. The molecule has 0 radical (unpaired) electrons. The van der Waals surface area contributed by atoms with Crippen molar-refractivity contribution in [1.29, 1.82) is 0 Å². The summed E-state index contributed by atoms with van der Waals surface area (Å²) < 4.78 is 10.5. The highest BCUT2D eigenvalue weighted by Crippen LogP contribution is 2.38. The maximum absolute atomic E-state index is 12.3. The van der Waals surface area contributed by atoms with Gasteiger partial charge in [-0.3, -0.25) is 4.79 Å². The molecule has 1 amide bonds. The van der Waals surface area contributed by atoms with Gasteiger partial charge in [0.25, 0.3) is 0 Å². The molecular formula is C17H19NO4. The zero-order chi connectivity index (χ0) is 15.7. The second-order valence-corrected chi connectivity index (χ2v) is 5.37. The summed E-state index contributed by atoms with van der Waals surface area (Å²) in [6.45, 7) is 2.72. The largest absolute Gasteiger partial charge is 0.497 e. The molecule has 3 rings (SSSR count). The number of rotatable bonds is 3. The molecule has 0 N–H and O–H groups in total. The molecule has 1 aromatic carbocycles. The number of hydrogen-bond donors (Lipinski definition) is 0. The minimum absolute atomic E-state index is 0.0662. The maximum Gasteiger partial charge on any atom is 0.336 e. The zero-order valence-corrected chi connectivity index (χ0v) is 12.8. The van der Waals surface area contributed by atoms with Gasteiger partial charge in [-0.15, -0.1) is 0 Å². The van der Waals surface area contributed by atoms with E-state index in [4.69, 9.17) is 9.47 Å². The Balaban J connectivity index is 2.17. The number of fused-ring (bicyclic) bond motifs is 3. The van der Waals surface area contributed by atoms with Crippen molar-refractivity contribution >= 4 is 17.6 Å². The molecule has 2 aliphatic heterocycles. The van der Waals surface area contributed by atoms with Crippen LogP contribution in [0.4, 0.5) is 0 Å². The Hall–Kier alpha value is -2.30. The molecule has 0 unspecified atom stereocenters.